The monoisotopic (exact) mass is 278 g/mol. The summed E-state index contributed by atoms with van der Waals surface area (Å²) in [6.45, 7) is 2.15. The molecule has 1 fully saturated rings. The van der Waals surface area contributed by atoms with Gasteiger partial charge in [0.05, 0.1) is 22.4 Å². The van der Waals surface area contributed by atoms with E-state index in [0.29, 0.717) is 6.04 Å². The van der Waals surface area contributed by atoms with Crippen LogP contribution in [0.25, 0.3) is 22.4 Å². The molecular formula is C17H18N4. The SMILES string of the molecule is c1ccc(-c2cc3ncccc3n2C2CCNCC2)nc1. The molecule has 0 aliphatic carbocycles. The fourth-order valence-corrected chi connectivity index (χ4v) is 3.22. The Morgan fingerprint density at radius 1 is 1.00 bits per heavy atom. The molecule has 1 saturated heterocycles. The van der Waals surface area contributed by atoms with E-state index in [-0.39, 0.29) is 0 Å². The van der Waals surface area contributed by atoms with E-state index in [4.69, 9.17) is 0 Å². The van der Waals surface area contributed by atoms with E-state index >= 15 is 0 Å². The first-order chi connectivity index (χ1) is 10.4. The molecule has 0 spiro atoms. The summed E-state index contributed by atoms with van der Waals surface area (Å²) in [4.78, 5) is 9.05. The van der Waals surface area contributed by atoms with Crippen molar-refractivity contribution < 1.29 is 0 Å². The second-order valence-corrected chi connectivity index (χ2v) is 5.50. The van der Waals surface area contributed by atoms with Gasteiger partial charge >= 0.3 is 0 Å². The summed E-state index contributed by atoms with van der Waals surface area (Å²) < 4.78 is 2.44. The fourth-order valence-electron chi connectivity index (χ4n) is 3.22. The smallest absolute Gasteiger partial charge is 0.0888 e. The second kappa shape index (κ2) is 5.30. The Balaban J connectivity index is 1.92. The van der Waals surface area contributed by atoms with Gasteiger partial charge in [0, 0.05) is 18.4 Å². The highest BCUT2D eigenvalue weighted by molar-refractivity contribution is 5.83. The Kier molecular flexibility index (Phi) is 3.16. The van der Waals surface area contributed by atoms with E-state index in [1.807, 2.05) is 30.6 Å². The summed E-state index contributed by atoms with van der Waals surface area (Å²) in [6.07, 6.45) is 6.02. The normalized spacial score (nSPS) is 16.4. The Hall–Kier alpha value is -2.20. The maximum absolute atomic E-state index is 4.54. The minimum Gasteiger partial charge on any atom is -0.335 e. The summed E-state index contributed by atoms with van der Waals surface area (Å²) in [5, 5.41) is 3.44. The standard InChI is InChI=1S/C17H18N4/c1-2-8-19-14(4-1)17-12-15-16(5-3-9-20-15)21(17)13-6-10-18-11-7-13/h1-5,8-9,12-13,18H,6-7,10-11H2. The molecule has 0 saturated carbocycles. The third kappa shape index (κ3) is 2.21. The minimum atomic E-state index is 0.518. The lowest BCUT2D eigenvalue weighted by Crippen LogP contribution is -2.29. The molecule has 4 heterocycles. The van der Waals surface area contributed by atoms with Crippen LogP contribution in [0.1, 0.15) is 18.9 Å². The van der Waals surface area contributed by atoms with Gasteiger partial charge in [-0.2, -0.15) is 0 Å². The van der Waals surface area contributed by atoms with Crippen LogP contribution in [0.2, 0.25) is 0 Å². The Labute approximate surface area is 123 Å². The average Bonchev–Trinajstić information content (AvgIpc) is 2.96. The third-order valence-electron chi connectivity index (χ3n) is 4.21. The van der Waals surface area contributed by atoms with Crippen LogP contribution in [-0.4, -0.2) is 27.6 Å². The van der Waals surface area contributed by atoms with Crippen molar-refractivity contribution in [3.05, 3.63) is 48.8 Å². The lowest BCUT2D eigenvalue weighted by atomic mass is 10.1. The summed E-state index contributed by atoms with van der Waals surface area (Å²) in [5.41, 5.74) is 4.46. The molecule has 0 bridgehead atoms. The predicted octanol–water partition coefficient (Wildman–Crippen LogP) is 3.02. The van der Waals surface area contributed by atoms with Crippen LogP contribution in [0, 0.1) is 0 Å². The Bertz CT molecular complexity index is 742. The quantitative estimate of drug-likeness (QED) is 0.783. The van der Waals surface area contributed by atoms with Crippen LogP contribution in [0.5, 0.6) is 0 Å². The van der Waals surface area contributed by atoms with Crippen LogP contribution < -0.4 is 5.32 Å². The van der Waals surface area contributed by atoms with Crippen molar-refractivity contribution >= 4 is 11.0 Å². The zero-order chi connectivity index (χ0) is 14.1. The molecule has 0 unspecified atom stereocenters. The van der Waals surface area contributed by atoms with Gasteiger partial charge in [-0.15, -0.1) is 0 Å². The summed E-state index contributed by atoms with van der Waals surface area (Å²) >= 11 is 0. The fraction of sp³-hybridized carbons (Fsp3) is 0.294. The Morgan fingerprint density at radius 2 is 1.86 bits per heavy atom. The van der Waals surface area contributed by atoms with E-state index < -0.39 is 0 Å². The van der Waals surface area contributed by atoms with Gasteiger partial charge < -0.3 is 9.88 Å². The molecule has 0 atom stereocenters. The number of nitrogens with zero attached hydrogens (tertiary/aromatic N) is 3. The maximum Gasteiger partial charge on any atom is 0.0888 e. The number of hydrogen-bond acceptors (Lipinski definition) is 3. The second-order valence-electron chi connectivity index (χ2n) is 5.50. The topological polar surface area (TPSA) is 42.7 Å². The van der Waals surface area contributed by atoms with E-state index in [1.165, 1.54) is 11.2 Å². The van der Waals surface area contributed by atoms with Gasteiger partial charge in [0.15, 0.2) is 0 Å². The molecular weight excluding hydrogens is 260 g/mol. The van der Waals surface area contributed by atoms with E-state index in [1.54, 1.807) is 0 Å². The van der Waals surface area contributed by atoms with Crippen molar-refractivity contribution in [1.82, 2.24) is 19.9 Å². The molecule has 4 heteroatoms. The molecule has 4 rings (SSSR count). The van der Waals surface area contributed by atoms with Crippen molar-refractivity contribution in [2.24, 2.45) is 0 Å². The highest BCUT2D eigenvalue weighted by Gasteiger charge is 2.21. The molecule has 21 heavy (non-hydrogen) atoms. The number of hydrogen-bond donors (Lipinski definition) is 1. The van der Waals surface area contributed by atoms with Crippen molar-refractivity contribution in [2.75, 3.05) is 13.1 Å². The van der Waals surface area contributed by atoms with Gasteiger partial charge in [-0.05, 0) is 56.3 Å². The molecule has 0 radical (unpaired) electrons. The lowest BCUT2D eigenvalue weighted by Gasteiger charge is -2.26. The van der Waals surface area contributed by atoms with Crippen LogP contribution in [0.4, 0.5) is 0 Å². The minimum absolute atomic E-state index is 0.518. The molecule has 0 aromatic carbocycles. The van der Waals surface area contributed by atoms with Crippen molar-refractivity contribution in [2.45, 2.75) is 18.9 Å². The van der Waals surface area contributed by atoms with E-state index in [2.05, 4.69) is 38.1 Å². The van der Waals surface area contributed by atoms with Crippen LogP contribution in [0.3, 0.4) is 0 Å². The zero-order valence-corrected chi connectivity index (χ0v) is 11.9. The molecule has 1 aliphatic heterocycles. The van der Waals surface area contributed by atoms with Gasteiger partial charge in [-0.25, -0.2) is 0 Å². The van der Waals surface area contributed by atoms with Crippen molar-refractivity contribution in [3.8, 4) is 11.4 Å². The molecule has 1 aliphatic rings. The van der Waals surface area contributed by atoms with Gasteiger partial charge in [0.1, 0.15) is 0 Å². The zero-order valence-electron chi connectivity index (χ0n) is 11.9. The van der Waals surface area contributed by atoms with Gasteiger partial charge in [0.25, 0.3) is 0 Å². The van der Waals surface area contributed by atoms with Gasteiger partial charge in [-0.3, -0.25) is 9.97 Å². The maximum atomic E-state index is 4.54. The van der Waals surface area contributed by atoms with Gasteiger partial charge in [0.2, 0.25) is 0 Å². The van der Waals surface area contributed by atoms with Crippen molar-refractivity contribution in [3.63, 3.8) is 0 Å². The van der Waals surface area contributed by atoms with Crippen molar-refractivity contribution in [1.29, 1.82) is 0 Å². The molecule has 3 aromatic rings. The van der Waals surface area contributed by atoms with E-state index in [9.17, 15) is 0 Å². The first-order valence-electron chi connectivity index (χ1n) is 7.51. The first-order valence-corrected chi connectivity index (χ1v) is 7.51. The molecule has 3 aromatic heterocycles. The van der Waals surface area contributed by atoms with Crippen LogP contribution in [-0.2, 0) is 0 Å². The summed E-state index contributed by atoms with van der Waals surface area (Å²) in [6, 6.07) is 12.9. The highest BCUT2D eigenvalue weighted by atomic mass is 15.1. The van der Waals surface area contributed by atoms with Gasteiger partial charge in [-0.1, -0.05) is 6.07 Å². The molecule has 0 amide bonds. The van der Waals surface area contributed by atoms with Crippen LogP contribution >= 0.6 is 0 Å². The highest BCUT2D eigenvalue weighted by Crippen LogP contribution is 2.32. The number of piperidine rings is 1. The predicted molar refractivity (Wildman–Crippen MR) is 84.1 cm³/mol. The third-order valence-corrected chi connectivity index (χ3v) is 4.21. The first kappa shape index (κ1) is 12.5. The summed E-state index contributed by atoms with van der Waals surface area (Å²) in [5.74, 6) is 0. The number of rotatable bonds is 2. The summed E-state index contributed by atoms with van der Waals surface area (Å²) in [7, 11) is 0. The molecule has 1 N–H and O–H groups in total. The number of aromatic nitrogens is 3. The number of nitrogens with one attached hydrogen (secondary N) is 1. The molecule has 4 nitrogen and oxygen atoms in total. The average molecular weight is 278 g/mol. The number of pyridine rings is 2. The largest absolute Gasteiger partial charge is 0.335 e. The number of fused-ring (bicyclic) bond motifs is 1. The lowest BCUT2D eigenvalue weighted by molar-refractivity contribution is 0.378. The van der Waals surface area contributed by atoms with Crippen LogP contribution in [0.15, 0.2) is 48.8 Å². The molecule has 106 valence electrons. The van der Waals surface area contributed by atoms with E-state index in [0.717, 1.165) is 37.1 Å². The Morgan fingerprint density at radius 3 is 2.67 bits per heavy atom.